The van der Waals surface area contributed by atoms with Gasteiger partial charge >= 0.3 is 0 Å². The average Bonchev–Trinajstić information content (AvgIpc) is 2.74. The van der Waals surface area contributed by atoms with Crippen LogP contribution in [-0.4, -0.2) is 21.4 Å². The van der Waals surface area contributed by atoms with Crippen LogP contribution in [0.1, 0.15) is 21.5 Å². The molecule has 0 fully saturated rings. The van der Waals surface area contributed by atoms with E-state index >= 15 is 0 Å². The monoisotopic (exact) mass is 410 g/mol. The lowest BCUT2D eigenvalue weighted by molar-refractivity contribution is 0.0951. The smallest absolute Gasteiger partial charge is 0.261 e. The van der Waals surface area contributed by atoms with Crippen molar-refractivity contribution in [2.75, 3.05) is 11.8 Å². The van der Waals surface area contributed by atoms with Gasteiger partial charge in [0.1, 0.15) is 5.75 Å². The third kappa shape index (κ3) is 5.14. The van der Waals surface area contributed by atoms with Crippen LogP contribution in [0.15, 0.2) is 77.7 Å². The van der Waals surface area contributed by atoms with E-state index in [1.807, 2.05) is 43.3 Å². The minimum Gasteiger partial charge on any atom is -0.497 e. The molecule has 0 aliphatic carbocycles. The van der Waals surface area contributed by atoms with Crippen molar-refractivity contribution >= 4 is 21.6 Å². The molecule has 0 aliphatic rings. The van der Waals surface area contributed by atoms with Crippen molar-refractivity contribution in [2.24, 2.45) is 0 Å². The second-order valence-corrected chi connectivity index (χ2v) is 8.16. The van der Waals surface area contributed by atoms with Crippen LogP contribution in [0.5, 0.6) is 5.75 Å². The number of methoxy groups -OCH3 is 1. The molecule has 2 N–H and O–H groups in total. The predicted octanol–water partition coefficient (Wildman–Crippen LogP) is 3.73. The minimum absolute atomic E-state index is 0.0902. The first-order chi connectivity index (χ1) is 13.9. The summed E-state index contributed by atoms with van der Waals surface area (Å²) in [4.78, 5) is 12.4. The third-order valence-corrected chi connectivity index (χ3v) is 5.81. The summed E-state index contributed by atoms with van der Waals surface area (Å²) >= 11 is 0. The summed E-state index contributed by atoms with van der Waals surface area (Å²) < 4.78 is 32.8. The van der Waals surface area contributed by atoms with Crippen molar-refractivity contribution < 1.29 is 17.9 Å². The average molecular weight is 410 g/mol. The number of nitrogens with one attached hydrogen (secondary N) is 2. The van der Waals surface area contributed by atoms with Gasteiger partial charge in [0.05, 0.1) is 17.7 Å². The van der Waals surface area contributed by atoms with Gasteiger partial charge in [-0.1, -0.05) is 30.3 Å². The van der Waals surface area contributed by atoms with Crippen molar-refractivity contribution in [3.8, 4) is 5.75 Å². The maximum Gasteiger partial charge on any atom is 0.261 e. The first-order valence-corrected chi connectivity index (χ1v) is 10.5. The van der Waals surface area contributed by atoms with Crippen molar-refractivity contribution in [3.05, 3.63) is 89.5 Å². The fraction of sp³-hybridized carbons (Fsp3) is 0.136. The molecule has 3 aromatic rings. The SMILES string of the molecule is COc1ccc(CNC(=O)c2ccc(S(=O)(=O)Nc3ccccc3C)cc2)cc1. The van der Waals surface area contributed by atoms with Crippen LogP contribution < -0.4 is 14.8 Å². The molecule has 0 saturated carbocycles. The molecule has 0 bridgehead atoms. The molecule has 1 amide bonds. The van der Waals surface area contributed by atoms with Gasteiger partial charge in [0.2, 0.25) is 0 Å². The quantitative estimate of drug-likeness (QED) is 0.622. The van der Waals surface area contributed by atoms with Gasteiger partial charge in [-0.05, 0) is 60.5 Å². The lowest BCUT2D eigenvalue weighted by atomic mass is 10.2. The number of carbonyl (C=O) groups excluding carboxylic acids is 1. The van der Waals surface area contributed by atoms with E-state index in [4.69, 9.17) is 4.74 Å². The normalized spacial score (nSPS) is 11.0. The Morgan fingerprint density at radius 2 is 1.59 bits per heavy atom. The molecule has 0 aliphatic heterocycles. The fourth-order valence-electron chi connectivity index (χ4n) is 2.70. The Morgan fingerprint density at radius 3 is 2.21 bits per heavy atom. The van der Waals surface area contributed by atoms with Gasteiger partial charge in [0, 0.05) is 12.1 Å². The summed E-state index contributed by atoms with van der Waals surface area (Å²) in [6.07, 6.45) is 0. The van der Waals surface area contributed by atoms with Crippen LogP contribution in [0, 0.1) is 6.92 Å². The summed E-state index contributed by atoms with van der Waals surface area (Å²) in [5.74, 6) is 0.466. The Morgan fingerprint density at radius 1 is 0.931 bits per heavy atom. The summed E-state index contributed by atoms with van der Waals surface area (Å²) in [5.41, 5.74) is 2.66. The maximum absolute atomic E-state index is 12.6. The van der Waals surface area contributed by atoms with Gasteiger partial charge in [-0.25, -0.2) is 8.42 Å². The van der Waals surface area contributed by atoms with E-state index in [1.54, 1.807) is 19.2 Å². The molecule has 3 rings (SSSR count). The first kappa shape index (κ1) is 20.4. The zero-order valence-electron chi connectivity index (χ0n) is 16.2. The molecular weight excluding hydrogens is 388 g/mol. The van der Waals surface area contributed by atoms with E-state index in [2.05, 4.69) is 10.0 Å². The second-order valence-electron chi connectivity index (χ2n) is 6.48. The van der Waals surface area contributed by atoms with Crippen molar-refractivity contribution in [2.45, 2.75) is 18.4 Å². The number of benzene rings is 3. The van der Waals surface area contributed by atoms with Crippen LogP contribution in [0.25, 0.3) is 0 Å². The molecule has 0 spiro atoms. The Hall–Kier alpha value is -3.32. The molecule has 0 unspecified atom stereocenters. The lowest BCUT2D eigenvalue weighted by Gasteiger charge is -2.11. The van der Waals surface area contributed by atoms with E-state index in [1.165, 1.54) is 24.3 Å². The molecular formula is C22H22N2O4S. The molecule has 0 radical (unpaired) electrons. The molecule has 29 heavy (non-hydrogen) atoms. The maximum atomic E-state index is 12.6. The van der Waals surface area contributed by atoms with E-state index < -0.39 is 10.0 Å². The van der Waals surface area contributed by atoms with Gasteiger partial charge < -0.3 is 10.1 Å². The van der Waals surface area contributed by atoms with E-state index in [0.717, 1.165) is 16.9 Å². The van der Waals surface area contributed by atoms with Crippen LogP contribution in [0.4, 0.5) is 5.69 Å². The Labute approximate surface area is 170 Å². The zero-order valence-corrected chi connectivity index (χ0v) is 17.0. The van der Waals surface area contributed by atoms with Gasteiger partial charge in [-0.15, -0.1) is 0 Å². The van der Waals surface area contributed by atoms with E-state index in [-0.39, 0.29) is 10.8 Å². The Bertz CT molecular complexity index is 1090. The van der Waals surface area contributed by atoms with Crippen molar-refractivity contribution in [1.82, 2.24) is 5.32 Å². The van der Waals surface area contributed by atoms with Crippen molar-refractivity contribution in [3.63, 3.8) is 0 Å². The number of hydrogen-bond acceptors (Lipinski definition) is 4. The summed E-state index contributed by atoms with van der Waals surface area (Å²) in [6.45, 7) is 2.19. The number of anilines is 1. The number of amides is 1. The minimum atomic E-state index is -3.73. The number of ether oxygens (including phenoxy) is 1. The van der Waals surface area contributed by atoms with Gasteiger partial charge in [0.15, 0.2) is 0 Å². The number of carbonyl (C=O) groups is 1. The molecule has 0 atom stereocenters. The lowest BCUT2D eigenvalue weighted by Crippen LogP contribution is -2.23. The Balaban J connectivity index is 1.65. The zero-order chi connectivity index (χ0) is 20.9. The van der Waals surface area contributed by atoms with E-state index in [9.17, 15) is 13.2 Å². The number of rotatable bonds is 7. The van der Waals surface area contributed by atoms with Crippen LogP contribution in [0.2, 0.25) is 0 Å². The highest BCUT2D eigenvalue weighted by molar-refractivity contribution is 7.92. The number of para-hydroxylation sites is 1. The highest BCUT2D eigenvalue weighted by Crippen LogP contribution is 2.19. The van der Waals surface area contributed by atoms with Crippen LogP contribution in [0.3, 0.4) is 0 Å². The van der Waals surface area contributed by atoms with E-state index in [0.29, 0.717) is 17.8 Å². The van der Waals surface area contributed by atoms with Gasteiger partial charge in [-0.3, -0.25) is 9.52 Å². The molecule has 7 heteroatoms. The van der Waals surface area contributed by atoms with Gasteiger partial charge in [-0.2, -0.15) is 0 Å². The largest absolute Gasteiger partial charge is 0.497 e. The molecule has 3 aromatic carbocycles. The second kappa shape index (κ2) is 8.79. The number of sulfonamides is 1. The molecule has 150 valence electrons. The number of hydrogen-bond donors (Lipinski definition) is 2. The number of aryl methyl sites for hydroxylation is 1. The standard InChI is InChI=1S/C22H22N2O4S/c1-16-5-3-4-6-21(16)24-29(26,27)20-13-9-18(10-14-20)22(25)23-15-17-7-11-19(28-2)12-8-17/h3-14,24H,15H2,1-2H3,(H,23,25). The molecule has 0 aromatic heterocycles. The van der Waals surface area contributed by atoms with Crippen LogP contribution in [-0.2, 0) is 16.6 Å². The molecule has 0 saturated heterocycles. The highest BCUT2D eigenvalue weighted by Gasteiger charge is 2.16. The third-order valence-electron chi connectivity index (χ3n) is 4.43. The Kier molecular flexibility index (Phi) is 6.19. The predicted molar refractivity (Wildman–Crippen MR) is 113 cm³/mol. The van der Waals surface area contributed by atoms with Gasteiger partial charge in [0.25, 0.3) is 15.9 Å². The fourth-order valence-corrected chi connectivity index (χ4v) is 3.84. The molecule has 0 heterocycles. The summed E-state index contributed by atoms with van der Waals surface area (Å²) in [7, 11) is -2.14. The van der Waals surface area contributed by atoms with Crippen molar-refractivity contribution in [1.29, 1.82) is 0 Å². The molecule has 6 nitrogen and oxygen atoms in total. The highest BCUT2D eigenvalue weighted by atomic mass is 32.2. The summed E-state index contributed by atoms with van der Waals surface area (Å²) in [6, 6.07) is 20.3. The van der Waals surface area contributed by atoms with Crippen LogP contribution >= 0.6 is 0 Å². The topological polar surface area (TPSA) is 84.5 Å². The first-order valence-electron chi connectivity index (χ1n) is 8.99. The summed E-state index contributed by atoms with van der Waals surface area (Å²) in [5, 5.41) is 2.81.